The van der Waals surface area contributed by atoms with Crippen LogP contribution >= 0.6 is 0 Å². The Morgan fingerprint density at radius 1 is 1.21 bits per heavy atom. The van der Waals surface area contributed by atoms with Gasteiger partial charge in [0.25, 0.3) is 0 Å². The number of aliphatic hydroxyl groups excluding tert-OH is 1. The van der Waals surface area contributed by atoms with Crippen molar-refractivity contribution in [1.82, 2.24) is 0 Å². The molecule has 5 heteroatoms. The van der Waals surface area contributed by atoms with Crippen molar-refractivity contribution in [2.24, 2.45) is 5.92 Å². The molecule has 0 radical (unpaired) electrons. The van der Waals surface area contributed by atoms with E-state index >= 15 is 0 Å². The van der Waals surface area contributed by atoms with Crippen molar-refractivity contribution in [3.05, 3.63) is 59.9 Å². The van der Waals surface area contributed by atoms with E-state index in [1.807, 2.05) is 0 Å². The van der Waals surface area contributed by atoms with E-state index in [1.165, 1.54) is 12.1 Å². The van der Waals surface area contributed by atoms with Crippen LogP contribution in [-0.2, 0) is 11.4 Å². The first-order valence-corrected chi connectivity index (χ1v) is 8.08. The van der Waals surface area contributed by atoms with Gasteiger partial charge in [0.2, 0.25) is 5.91 Å². The summed E-state index contributed by atoms with van der Waals surface area (Å²) in [6.45, 7) is 0.318. The van der Waals surface area contributed by atoms with E-state index < -0.39 is 6.10 Å². The van der Waals surface area contributed by atoms with E-state index in [4.69, 9.17) is 4.74 Å². The van der Waals surface area contributed by atoms with Crippen molar-refractivity contribution in [2.45, 2.75) is 32.0 Å². The van der Waals surface area contributed by atoms with Gasteiger partial charge in [-0.2, -0.15) is 0 Å². The highest BCUT2D eigenvalue weighted by atomic mass is 19.1. The highest BCUT2D eigenvalue weighted by Gasteiger charge is 2.31. The van der Waals surface area contributed by atoms with Crippen molar-refractivity contribution in [2.75, 3.05) is 5.32 Å². The van der Waals surface area contributed by atoms with E-state index in [9.17, 15) is 14.3 Å². The Kier molecular flexibility index (Phi) is 5.11. The van der Waals surface area contributed by atoms with Crippen molar-refractivity contribution in [3.63, 3.8) is 0 Å². The van der Waals surface area contributed by atoms with Crippen LogP contribution in [0.15, 0.2) is 48.5 Å². The third kappa shape index (κ3) is 4.11. The summed E-state index contributed by atoms with van der Waals surface area (Å²) >= 11 is 0. The van der Waals surface area contributed by atoms with Crippen LogP contribution in [0.1, 0.15) is 24.8 Å². The number of hydrogen-bond acceptors (Lipinski definition) is 3. The number of anilines is 1. The Hall–Kier alpha value is -2.40. The van der Waals surface area contributed by atoms with Gasteiger partial charge in [-0.05, 0) is 49.1 Å². The average Bonchev–Trinajstić information content (AvgIpc) is 3.01. The van der Waals surface area contributed by atoms with Crippen LogP contribution in [0.3, 0.4) is 0 Å². The molecule has 1 aliphatic carbocycles. The second kappa shape index (κ2) is 7.45. The summed E-state index contributed by atoms with van der Waals surface area (Å²) in [6.07, 6.45) is 1.72. The highest BCUT2D eigenvalue weighted by molar-refractivity contribution is 5.93. The number of nitrogens with one attached hydrogen (secondary N) is 1. The quantitative estimate of drug-likeness (QED) is 0.882. The number of carbonyl (C=O) groups is 1. The molecule has 1 aliphatic rings. The second-order valence-electron chi connectivity index (χ2n) is 6.04. The molecule has 2 N–H and O–H groups in total. The van der Waals surface area contributed by atoms with Crippen LogP contribution in [0.4, 0.5) is 10.1 Å². The molecule has 24 heavy (non-hydrogen) atoms. The van der Waals surface area contributed by atoms with Crippen molar-refractivity contribution >= 4 is 11.6 Å². The summed E-state index contributed by atoms with van der Waals surface area (Å²) < 4.78 is 18.6. The van der Waals surface area contributed by atoms with Gasteiger partial charge in [-0.25, -0.2) is 4.39 Å². The first kappa shape index (κ1) is 16.5. The number of aliphatic hydroxyl groups is 1. The van der Waals surface area contributed by atoms with Gasteiger partial charge in [-0.15, -0.1) is 0 Å². The second-order valence-corrected chi connectivity index (χ2v) is 6.04. The lowest BCUT2D eigenvalue weighted by Crippen LogP contribution is -2.28. The van der Waals surface area contributed by atoms with Gasteiger partial charge >= 0.3 is 0 Å². The Balaban J connectivity index is 1.59. The van der Waals surface area contributed by atoms with E-state index in [0.717, 1.165) is 12.0 Å². The van der Waals surface area contributed by atoms with Crippen LogP contribution in [0.5, 0.6) is 5.75 Å². The van der Waals surface area contributed by atoms with Crippen LogP contribution in [0, 0.1) is 11.7 Å². The number of halogens is 1. The topological polar surface area (TPSA) is 58.6 Å². The first-order valence-electron chi connectivity index (χ1n) is 8.08. The lowest BCUT2D eigenvalue weighted by molar-refractivity contribution is -0.122. The minimum atomic E-state index is -0.553. The van der Waals surface area contributed by atoms with Crippen molar-refractivity contribution in [3.8, 4) is 5.75 Å². The monoisotopic (exact) mass is 329 g/mol. The predicted molar refractivity (Wildman–Crippen MR) is 89.2 cm³/mol. The van der Waals surface area contributed by atoms with Crippen LogP contribution in [0.25, 0.3) is 0 Å². The summed E-state index contributed by atoms with van der Waals surface area (Å²) in [7, 11) is 0. The molecule has 2 aromatic carbocycles. The number of amides is 1. The largest absolute Gasteiger partial charge is 0.489 e. The molecule has 4 nitrogen and oxygen atoms in total. The third-order valence-electron chi connectivity index (χ3n) is 4.24. The first-order chi connectivity index (χ1) is 11.6. The van der Waals surface area contributed by atoms with Gasteiger partial charge in [-0.1, -0.05) is 18.2 Å². The van der Waals surface area contributed by atoms with Gasteiger partial charge in [-0.3, -0.25) is 4.79 Å². The molecule has 2 unspecified atom stereocenters. The summed E-state index contributed by atoms with van der Waals surface area (Å²) in [4.78, 5) is 12.2. The Bertz CT molecular complexity index is 702. The zero-order valence-electron chi connectivity index (χ0n) is 13.2. The van der Waals surface area contributed by atoms with Gasteiger partial charge < -0.3 is 15.2 Å². The molecule has 0 aromatic heterocycles. The summed E-state index contributed by atoms with van der Waals surface area (Å²) in [6, 6.07) is 13.2. The summed E-state index contributed by atoms with van der Waals surface area (Å²) in [5.74, 6) is -0.161. The molecule has 0 spiro atoms. The number of carbonyl (C=O) groups excluding carboxylic acids is 1. The molecule has 0 heterocycles. The fourth-order valence-corrected chi connectivity index (χ4v) is 2.89. The maximum atomic E-state index is 12.9. The minimum Gasteiger partial charge on any atom is -0.489 e. The van der Waals surface area contributed by atoms with Crippen LogP contribution < -0.4 is 10.1 Å². The molecule has 0 bridgehead atoms. The van der Waals surface area contributed by atoms with E-state index in [-0.39, 0.29) is 17.6 Å². The normalized spacial score (nSPS) is 19.9. The Morgan fingerprint density at radius 3 is 2.71 bits per heavy atom. The van der Waals surface area contributed by atoms with E-state index in [2.05, 4.69) is 5.32 Å². The lowest BCUT2D eigenvalue weighted by atomic mass is 10.1. The fraction of sp³-hybridized carbons (Fsp3) is 0.316. The maximum Gasteiger partial charge on any atom is 0.230 e. The molecular formula is C19H20FNO3. The van der Waals surface area contributed by atoms with Gasteiger partial charge in [0.1, 0.15) is 18.2 Å². The molecule has 2 aromatic rings. The van der Waals surface area contributed by atoms with Gasteiger partial charge in [0.15, 0.2) is 0 Å². The predicted octanol–water partition coefficient (Wildman–Crippen LogP) is 3.50. The zero-order chi connectivity index (χ0) is 16.9. The summed E-state index contributed by atoms with van der Waals surface area (Å²) in [5.41, 5.74) is 1.50. The smallest absolute Gasteiger partial charge is 0.230 e. The fourth-order valence-electron chi connectivity index (χ4n) is 2.89. The number of benzene rings is 2. The summed E-state index contributed by atoms with van der Waals surface area (Å²) in [5, 5.41) is 12.6. The molecule has 1 fully saturated rings. The standard InChI is InChI=1S/C19H20FNO3/c20-14-9-7-13(8-10-14)12-24-16-4-1-3-15(11-16)21-19(23)17-5-2-6-18(17)22/h1,3-4,7-11,17-18,22H,2,5-6,12H2,(H,21,23). The van der Waals surface area contributed by atoms with Gasteiger partial charge in [0.05, 0.1) is 12.0 Å². The zero-order valence-corrected chi connectivity index (χ0v) is 13.2. The third-order valence-corrected chi connectivity index (χ3v) is 4.24. The number of rotatable bonds is 5. The van der Waals surface area contributed by atoms with E-state index in [0.29, 0.717) is 30.9 Å². The molecule has 0 saturated heterocycles. The number of ether oxygens (including phenoxy) is 1. The van der Waals surface area contributed by atoms with E-state index in [1.54, 1.807) is 36.4 Å². The number of hydrogen-bond donors (Lipinski definition) is 2. The average molecular weight is 329 g/mol. The van der Waals surface area contributed by atoms with Gasteiger partial charge in [0, 0.05) is 11.8 Å². The molecule has 1 saturated carbocycles. The maximum absolute atomic E-state index is 12.9. The van der Waals surface area contributed by atoms with Crippen molar-refractivity contribution in [1.29, 1.82) is 0 Å². The van der Waals surface area contributed by atoms with Crippen LogP contribution in [-0.4, -0.2) is 17.1 Å². The molecule has 1 amide bonds. The Labute approximate surface area is 140 Å². The molecular weight excluding hydrogens is 309 g/mol. The molecule has 2 atom stereocenters. The molecule has 0 aliphatic heterocycles. The Morgan fingerprint density at radius 2 is 2.00 bits per heavy atom. The molecule has 126 valence electrons. The highest BCUT2D eigenvalue weighted by Crippen LogP contribution is 2.27. The van der Waals surface area contributed by atoms with Crippen LogP contribution in [0.2, 0.25) is 0 Å². The molecule has 3 rings (SSSR count). The van der Waals surface area contributed by atoms with Crippen molar-refractivity contribution < 1.29 is 19.0 Å². The lowest BCUT2D eigenvalue weighted by Gasteiger charge is -2.15. The minimum absolute atomic E-state index is 0.157. The SMILES string of the molecule is O=C(Nc1cccc(OCc2ccc(F)cc2)c1)C1CCCC1O.